The van der Waals surface area contributed by atoms with Crippen LogP contribution in [-0.2, 0) is 11.2 Å². The quantitative estimate of drug-likeness (QED) is 0.578. The number of halogens is 1. The number of nitrogens with one attached hydrogen (secondary N) is 1. The van der Waals surface area contributed by atoms with Gasteiger partial charge in [-0.2, -0.15) is 0 Å². The largest absolute Gasteiger partial charge is 0.312 e. The van der Waals surface area contributed by atoms with E-state index in [9.17, 15) is 9.59 Å². The van der Waals surface area contributed by atoms with E-state index < -0.39 is 0 Å². The van der Waals surface area contributed by atoms with E-state index in [0.29, 0.717) is 10.7 Å². The number of hydrogen-bond donors (Lipinski definition) is 1. The van der Waals surface area contributed by atoms with Gasteiger partial charge in [0, 0.05) is 39.1 Å². The molecule has 1 N–H and O–H groups in total. The highest BCUT2D eigenvalue weighted by atomic mass is 79.9. The summed E-state index contributed by atoms with van der Waals surface area (Å²) in [5.74, 6) is 0.320. The summed E-state index contributed by atoms with van der Waals surface area (Å²) < 4.78 is 0.930. The Balaban J connectivity index is 1.32. The van der Waals surface area contributed by atoms with Gasteiger partial charge in [0.05, 0.1) is 5.69 Å². The van der Waals surface area contributed by atoms with Crippen LogP contribution in [0.2, 0.25) is 0 Å². The first-order chi connectivity index (χ1) is 14.1. The monoisotopic (exact) mass is 467 g/mol. The molecule has 0 saturated heterocycles. The second kappa shape index (κ2) is 7.39. The zero-order valence-electron chi connectivity index (χ0n) is 15.5. The molecule has 0 bridgehead atoms. The molecule has 1 fully saturated rings. The second-order valence-electron chi connectivity index (χ2n) is 7.36. The first kappa shape index (κ1) is 18.5. The number of carbonyl (C=O) groups excluding carboxylic acids is 2. The Bertz CT molecular complexity index is 1110. The maximum atomic E-state index is 12.4. The Morgan fingerprint density at radius 2 is 1.93 bits per heavy atom. The van der Waals surface area contributed by atoms with E-state index in [-0.39, 0.29) is 17.7 Å². The molecule has 29 heavy (non-hydrogen) atoms. The Morgan fingerprint density at radius 3 is 2.69 bits per heavy atom. The normalized spacial score (nSPS) is 15.3. The molecule has 3 aromatic rings. The number of thiazole rings is 1. The predicted molar refractivity (Wildman–Crippen MR) is 118 cm³/mol. The van der Waals surface area contributed by atoms with Crippen LogP contribution in [0, 0.1) is 5.92 Å². The molecule has 5 nitrogen and oxygen atoms in total. The fourth-order valence-corrected chi connectivity index (χ4v) is 4.55. The molecule has 2 heterocycles. The minimum atomic E-state index is -0.179. The topological polar surface area (TPSA) is 62.3 Å². The summed E-state index contributed by atoms with van der Waals surface area (Å²) in [6.07, 6.45) is 2.92. The molecule has 0 atom stereocenters. The number of benzene rings is 2. The third-order valence-corrected chi connectivity index (χ3v) is 6.58. The molecular weight excluding hydrogens is 450 g/mol. The number of nitrogens with zero attached hydrogens (tertiary/aromatic N) is 2. The van der Waals surface area contributed by atoms with Gasteiger partial charge in [0.15, 0.2) is 5.13 Å². The zero-order valence-corrected chi connectivity index (χ0v) is 17.9. The van der Waals surface area contributed by atoms with Crippen LogP contribution >= 0.6 is 27.3 Å². The molecule has 5 rings (SSSR count). The van der Waals surface area contributed by atoms with E-state index in [0.717, 1.165) is 47.2 Å². The van der Waals surface area contributed by atoms with Crippen LogP contribution < -0.4 is 10.2 Å². The highest BCUT2D eigenvalue weighted by molar-refractivity contribution is 9.10. The van der Waals surface area contributed by atoms with Crippen molar-refractivity contribution in [3.63, 3.8) is 0 Å². The summed E-state index contributed by atoms with van der Waals surface area (Å²) in [5, 5.41) is 5.38. The van der Waals surface area contributed by atoms with Gasteiger partial charge in [0.1, 0.15) is 0 Å². The number of rotatable bonds is 4. The first-order valence-corrected chi connectivity index (χ1v) is 11.2. The molecule has 146 valence electrons. The average molecular weight is 468 g/mol. The standard InChI is InChI=1S/C22H18BrN3O2S/c23-17-6-3-13(4-7-17)20(27)25-22-24-18(12-29-22)15-5-8-19-16(11-15)9-10-26(19)21(28)14-1-2-14/h3-8,11-12,14H,1-2,9-10H2,(H,24,25,27). The maximum absolute atomic E-state index is 12.4. The van der Waals surface area contributed by atoms with E-state index in [1.54, 1.807) is 12.1 Å². The van der Waals surface area contributed by atoms with Crippen molar-refractivity contribution in [2.24, 2.45) is 5.92 Å². The van der Waals surface area contributed by atoms with Crippen LogP contribution in [-0.4, -0.2) is 23.3 Å². The van der Waals surface area contributed by atoms with Gasteiger partial charge in [-0.3, -0.25) is 14.9 Å². The summed E-state index contributed by atoms with van der Waals surface area (Å²) in [5.41, 5.74) is 4.64. The third-order valence-electron chi connectivity index (χ3n) is 5.29. The number of amides is 2. The van der Waals surface area contributed by atoms with Gasteiger partial charge in [0.25, 0.3) is 5.91 Å². The summed E-state index contributed by atoms with van der Waals surface area (Å²) >= 11 is 4.77. The lowest BCUT2D eigenvalue weighted by atomic mass is 10.1. The van der Waals surface area contributed by atoms with Crippen LogP contribution in [0.3, 0.4) is 0 Å². The van der Waals surface area contributed by atoms with E-state index in [2.05, 4.69) is 32.3 Å². The number of fused-ring (bicyclic) bond motifs is 1. The van der Waals surface area contributed by atoms with Gasteiger partial charge in [-0.25, -0.2) is 4.98 Å². The zero-order chi connectivity index (χ0) is 20.0. The van der Waals surface area contributed by atoms with Crippen molar-refractivity contribution in [2.75, 3.05) is 16.8 Å². The van der Waals surface area contributed by atoms with Crippen molar-refractivity contribution in [3.8, 4) is 11.3 Å². The Kier molecular flexibility index (Phi) is 4.72. The van der Waals surface area contributed by atoms with Crippen LogP contribution in [0.15, 0.2) is 52.3 Å². The van der Waals surface area contributed by atoms with E-state index in [1.165, 1.54) is 16.9 Å². The SMILES string of the molecule is O=C(Nc1nc(-c2ccc3c(c2)CCN3C(=O)C2CC2)cs1)c1ccc(Br)cc1. The van der Waals surface area contributed by atoms with E-state index >= 15 is 0 Å². The van der Waals surface area contributed by atoms with Gasteiger partial charge in [-0.1, -0.05) is 22.0 Å². The number of anilines is 2. The molecular formula is C22H18BrN3O2S. The molecule has 2 aliphatic rings. The molecule has 7 heteroatoms. The van der Waals surface area contributed by atoms with Gasteiger partial charge in [-0.05, 0) is 61.2 Å². The highest BCUT2D eigenvalue weighted by Gasteiger charge is 2.36. The van der Waals surface area contributed by atoms with Crippen molar-refractivity contribution in [1.29, 1.82) is 0 Å². The van der Waals surface area contributed by atoms with Gasteiger partial charge >= 0.3 is 0 Å². The van der Waals surface area contributed by atoms with Gasteiger partial charge in [0.2, 0.25) is 5.91 Å². The molecule has 2 aromatic carbocycles. The molecule has 0 spiro atoms. The molecule has 1 aliphatic carbocycles. The Morgan fingerprint density at radius 1 is 1.14 bits per heavy atom. The van der Waals surface area contributed by atoms with Crippen molar-refractivity contribution in [2.45, 2.75) is 19.3 Å². The Hall–Kier alpha value is -2.51. The lowest BCUT2D eigenvalue weighted by molar-refractivity contribution is -0.119. The highest BCUT2D eigenvalue weighted by Crippen LogP contribution is 2.38. The predicted octanol–water partition coefficient (Wildman–Crippen LogP) is 5.12. The number of hydrogen-bond acceptors (Lipinski definition) is 4. The molecule has 0 radical (unpaired) electrons. The van der Waals surface area contributed by atoms with Crippen LogP contribution in [0.4, 0.5) is 10.8 Å². The summed E-state index contributed by atoms with van der Waals surface area (Å²) in [6, 6.07) is 13.4. The van der Waals surface area contributed by atoms with Gasteiger partial charge in [-0.15, -0.1) is 11.3 Å². The second-order valence-corrected chi connectivity index (χ2v) is 9.13. The third kappa shape index (κ3) is 3.72. The number of carbonyl (C=O) groups is 2. The lowest BCUT2D eigenvalue weighted by Gasteiger charge is -2.17. The molecule has 1 aliphatic heterocycles. The van der Waals surface area contributed by atoms with Crippen LogP contribution in [0.1, 0.15) is 28.8 Å². The molecule has 2 amide bonds. The van der Waals surface area contributed by atoms with Crippen LogP contribution in [0.25, 0.3) is 11.3 Å². The number of aromatic nitrogens is 1. The van der Waals surface area contributed by atoms with Crippen LogP contribution in [0.5, 0.6) is 0 Å². The Labute approximate surface area is 180 Å². The average Bonchev–Trinajstić information content (AvgIpc) is 3.33. The molecule has 1 aromatic heterocycles. The summed E-state index contributed by atoms with van der Waals surface area (Å²) in [6.45, 7) is 0.764. The smallest absolute Gasteiger partial charge is 0.257 e. The lowest BCUT2D eigenvalue weighted by Crippen LogP contribution is -2.30. The minimum absolute atomic E-state index is 0.179. The van der Waals surface area contributed by atoms with Crippen molar-refractivity contribution in [3.05, 3.63) is 63.4 Å². The summed E-state index contributed by atoms with van der Waals surface area (Å²) in [7, 11) is 0. The van der Waals surface area contributed by atoms with E-state index in [4.69, 9.17) is 0 Å². The fourth-order valence-electron chi connectivity index (χ4n) is 3.57. The van der Waals surface area contributed by atoms with Crippen molar-refractivity contribution in [1.82, 2.24) is 4.98 Å². The van der Waals surface area contributed by atoms with Crippen molar-refractivity contribution < 1.29 is 9.59 Å². The summed E-state index contributed by atoms with van der Waals surface area (Å²) in [4.78, 5) is 31.3. The van der Waals surface area contributed by atoms with Crippen molar-refractivity contribution >= 4 is 49.9 Å². The molecule has 0 unspecified atom stereocenters. The van der Waals surface area contributed by atoms with E-state index in [1.807, 2.05) is 34.5 Å². The maximum Gasteiger partial charge on any atom is 0.257 e. The minimum Gasteiger partial charge on any atom is -0.312 e. The molecule has 1 saturated carbocycles. The fraction of sp³-hybridized carbons (Fsp3) is 0.227. The van der Waals surface area contributed by atoms with Gasteiger partial charge < -0.3 is 4.90 Å². The first-order valence-electron chi connectivity index (χ1n) is 9.55.